The molecule has 0 unspecified atom stereocenters. The third-order valence-corrected chi connectivity index (χ3v) is 6.51. The Morgan fingerprint density at radius 3 is 2.58 bits per heavy atom. The van der Waals surface area contributed by atoms with Gasteiger partial charge in [-0.1, -0.05) is 17.7 Å². The highest BCUT2D eigenvalue weighted by atomic mass is 35.5. The van der Waals surface area contributed by atoms with Crippen molar-refractivity contribution in [2.24, 2.45) is 0 Å². The Morgan fingerprint density at radius 2 is 1.84 bits per heavy atom. The van der Waals surface area contributed by atoms with E-state index in [1.54, 1.807) is 42.9 Å². The molecule has 1 aliphatic rings. The number of benzene rings is 1. The molecule has 4 aromatic rings. The van der Waals surface area contributed by atoms with E-state index in [1.165, 1.54) is 11.3 Å². The fourth-order valence-electron chi connectivity index (χ4n) is 3.59. The third kappa shape index (κ3) is 4.19. The summed E-state index contributed by atoms with van der Waals surface area (Å²) >= 11 is 7.39. The first kappa shape index (κ1) is 19.8. The van der Waals surface area contributed by atoms with Gasteiger partial charge in [0, 0.05) is 49.0 Å². The lowest BCUT2D eigenvalue weighted by Gasteiger charge is -2.35. The SMILES string of the molecule is O=C(c1cc2c(Oc3ccc(Cl)cc3)cncc2s1)N1CCN(c2ccccn2)CC1. The number of aromatic nitrogens is 2. The molecule has 1 aliphatic heterocycles. The summed E-state index contributed by atoms with van der Waals surface area (Å²) in [6.45, 7) is 2.85. The number of carbonyl (C=O) groups is 1. The first-order chi connectivity index (χ1) is 15.2. The second-order valence-corrected chi connectivity index (χ2v) is 8.70. The average Bonchev–Trinajstić information content (AvgIpc) is 3.26. The van der Waals surface area contributed by atoms with E-state index in [2.05, 4.69) is 14.9 Å². The maximum Gasteiger partial charge on any atom is 0.264 e. The normalized spacial score (nSPS) is 14.1. The minimum Gasteiger partial charge on any atom is -0.455 e. The van der Waals surface area contributed by atoms with Crippen LogP contribution >= 0.6 is 22.9 Å². The second kappa shape index (κ2) is 8.53. The van der Waals surface area contributed by atoms with Crippen LogP contribution in [0.15, 0.2) is 67.1 Å². The molecule has 31 heavy (non-hydrogen) atoms. The van der Waals surface area contributed by atoms with Crippen LogP contribution in [-0.4, -0.2) is 47.0 Å². The van der Waals surface area contributed by atoms with Crippen LogP contribution in [0.2, 0.25) is 5.02 Å². The van der Waals surface area contributed by atoms with Crippen molar-refractivity contribution in [2.75, 3.05) is 31.1 Å². The van der Waals surface area contributed by atoms with Crippen LogP contribution in [0.4, 0.5) is 5.82 Å². The lowest BCUT2D eigenvalue weighted by molar-refractivity contribution is 0.0751. The van der Waals surface area contributed by atoms with Gasteiger partial charge in [0.15, 0.2) is 5.75 Å². The zero-order chi connectivity index (χ0) is 21.2. The van der Waals surface area contributed by atoms with Gasteiger partial charge in [0.25, 0.3) is 5.91 Å². The van der Waals surface area contributed by atoms with Crippen LogP contribution in [-0.2, 0) is 0 Å². The van der Waals surface area contributed by atoms with E-state index in [9.17, 15) is 4.79 Å². The van der Waals surface area contributed by atoms with Crippen LogP contribution in [0.5, 0.6) is 11.5 Å². The van der Waals surface area contributed by atoms with Crippen molar-refractivity contribution in [3.05, 3.63) is 77.0 Å². The Kier molecular flexibility index (Phi) is 5.44. The number of pyridine rings is 2. The first-order valence-electron chi connectivity index (χ1n) is 9.93. The highest BCUT2D eigenvalue weighted by Crippen LogP contribution is 2.35. The van der Waals surface area contributed by atoms with Crippen molar-refractivity contribution in [3.8, 4) is 11.5 Å². The molecule has 0 bridgehead atoms. The van der Waals surface area contributed by atoms with E-state index in [4.69, 9.17) is 16.3 Å². The highest BCUT2D eigenvalue weighted by molar-refractivity contribution is 7.20. The molecule has 0 N–H and O–H groups in total. The van der Waals surface area contributed by atoms with E-state index in [-0.39, 0.29) is 5.91 Å². The number of rotatable bonds is 4. The second-order valence-electron chi connectivity index (χ2n) is 7.18. The maximum atomic E-state index is 13.1. The number of amides is 1. The summed E-state index contributed by atoms with van der Waals surface area (Å²) in [4.78, 5) is 26.6. The Balaban J connectivity index is 1.32. The van der Waals surface area contributed by atoms with Crippen LogP contribution in [0.1, 0.15) is 9.67 Å². The molecule has 5 rings (SSSR count). The van der Waals surface area contributed by atoms with Crippen LogP contribution < -0.4 is 9.64 Å². The minimum atomic E-state index is 0.0410. The highest BCUT2D eigenvalue weighted by Gasteiger charge is 2.24. The van der Waals surface area contributed by atoms with Gasteiger partial charge < -0.3 is 14.5 Å². The summed E-state index contributed by atoms with van der Waals surface area (Å²) in [6, 6.07) is 15.0. The molecule has 1 fully saturated rings. The zero-order valence-corrected chi connectivity index (χ0v) is 18.1. The molecule has 1 saturated heterocycles. The van der Waals surface area contributed by atoms with Crippen molar-refractivity contribution in [1.29, 1.82) is 0 Å². The largest absolute Gasteiger partial charge is 0.455 e. The Bertz CT molecular complexity index is 1210. The fraction of sp³-hybridized carbons (Fsp3) is 0.174. The molecule has 6 nitrogen and oxygen atoms in total. The molecule has 1 amide bonds. The minimum absolute atomic E-state index is 0.0410. The van der Waals surface area contributed by atoms with Gasteiger partial charge in [-0.2, -0.15) is 0 Å². The number of hydrogen-bond donors (Lipinski definition) is 0. The van der Waals surface area contributed by atoms with Crippen molar-refractivity contribution in [2.45, 2.75) is 0 Å². The number of fused-ring (bicyclic) bond motifs is 1. The molecule has 8 heteroatoms. The van der Waals surface area contributed by atoms with Gasteiger partial charge in [-0.25, -0.2) is 4.98 Å². The number of nitrogens with zero attached hydrogens (tertiary/aromatic N) is 4. The maximum absolute atomic E-state index is 13.1. The molecule has 0 radical (unpaired) electrons. The zero-order valence-electron chi connectivity index (χ0n) is 16.6. The smallest absolute Gasteiger partial charge is 0.264 e. The lowest BCUT2D eigenvalue weighted by Crippen LogP contribution is -2.48. The fourth-order valence-corrected chi connectivity index (χ4v) is 4.73. The summed E-state index contributed by atoms with van der Waals surface area (Å²) < 4.78 is 6.91. The van der Waals surface area contributed by atoms with E-state index >= 15 is 0 Å². The van der Waals surface area contributed by atoms with Crippen LogP contribution in [0, 0.1) is 0 Å². The summed E-state index contributed by atoms with van der Waals surface area (Å²) in [7, 11) is 0. The molecule has 3 aromatic heterocycles. The molecule has 0 aliphatic carbocycles. The van der Waals surface area contributed by atoms with Gasteiger partial charge in [0.05, 0.1) is 15.8 Å². The van der Waals surface area contributed by atoms with Gasteiger partial charge in [0.2, 0.25) is 0 Å². The van der Waals surface area contributed by atoms with Crippen LogP contribution in [0.25, 0.3) is 10.1 Å². The molecular weight excluding hydrogens is 432 g/mol. The van der Waals surface area contributed by atoms with E-state index < -0.39 is 0 Å². The first-order valence-corrected chi connectivity index (χ1v) is 11.1. The van der Waals surface area contributed by atoms with Gasteiger partial charge >= 0.3 is 0 Å². The number of anilines is 1. The number of halogens is 1. The number of hydrogen-bond acceptors (Lipinski definition) is 6. The van der Waals surface area contributed by atoms with E-state index in [0.29, 0.717) is 34.5 Å². The molecular formula is C23H19ClN4O2S. The quantitative estimate of drug-likeness (QED) is 0.433. The molecule has 0 saturated carbocycles. The number of piperazine rings is 1. The molecule has 4 heterocycles. The molecule has 156 valence electrons. The van der Waals surface area contributed by atoms with Gasteiger partial charge in [0.1, 0.15) is 11.6 Å². The molecule has 0 spiro atoms. The average molecular weight is 451 g/mol. The lowest BCUT2D eigenvalue weighted by atomic mass is 10.2. The third-order valence-electron chi connectivity index (χ3n) is 5.20. The van der Waals surface area contributed by atoms with Crippen molar-refractivity contribution in [3.63, 3.8) is 0 Å². The molecule has 0 atom stereocenters. The van der Waals surface area contributed by atoms with Crippen LogP contribution in [0.3, 0.4) is 0 Å². The predicted octanol–water partition coefficient (Wildman–Crippen LogP) is 5.10. The standard InChI is InChI=1S/C23H19ClN4O2S/c24-16-4-6-17(7-5-16)30-19-14-25-15-21-18(19)13-20(31-21)23(29)28-11-9-27(10-12-28)22-3-1-2-8-26-22/h1-8,13-15H,9-12H2. The van der Waals surface area contributed by atoms with Crippen molar-refractivity contribution < 1.29 is 9.53 Å². The van der Waals surface area contributed by atoms with E-state index in [0.717, 1.165) is 29.0 Å². The Morgan fingerprint density at radius 1 is 1.03 bits per heavy atom. The molecule has 1 aromatic carbocycles. The van der Waals surface area contributed by atoms with E-state index in [1.807, 2.05) is 29.2 Å². The number of carbonyl (C=O) groups excluding carboxylic acids is 1. The Labute approximate surface area is 188 Å². The summed E-state index contributed by atoms with van der Waals surface area (Å²) in [5.41, 5.74) is 0. The monoisotopic (exact) mass is 450 g/mol. The summed E-state index contributed by atoms with van der Waals surface area (Å²) in [6.07, 6.45) is 5.23. The van der Waals surface area contributed by atoms with Gasteiger partial charge in [-0.3, -0.25) is 9.78 Å². The number of thiophene rings is 1. The van der Waals surface area contributed by atoms with Crippen molar-refractivity contribution >= 4 is 44.7 Å². The summed E-state index contributed by atoms with van der Waals surface area (Å²) in [5.74, 6) is 2.28. The topological polar surface area (TPSA) is 58.6 Å². The predicted molar refractivity (Wildman–Crippen MR) is 123 cm³/mol. The van der Waals surface area contributed by atoms with Gasteiger partial charge in [-0.05, 0) is 42.5 Å². The van der Waals surface area contributed by atoms with Gasteiger partial charge in [-0.15, -0.1) is 11.3 Å². The van der Waals surface area contributed by atoms with Crippen molar-refractivity contribution in [1.82, 2.24) is 14.9 Å². The summed E-state index contributed by atoms with van der Waals surface area (Å²) in [5, 5.41) is 1.53. The Hall–Kier alpha value is -3.16. The number of ether oxygens (including phenoxy) is 1.